The lowest BCUT2D eigenvalue weighted by Crippen LogP contribution is -2.31. The summed E-state index contributed by atoms with van der Waals surface area (Å²) in [4.78, 5) is 23.4. The van der Waals surface area contributed by atoms with Crippen LogP contribution < -0.4 is 0 Å². The van der Waals surface area contributed by atoms with E-state index in [1.807, 2.05) is 28.7 Å². The maximum Gasteiger partial charge on any atom is 0.257 e. The highest BCUT2D eigenvalue weighted by atomic mass is 32.2. The van der Waals surface area contributed by atoms with Crippen molar-refractivity contribution in [1.82, 2.24) is 14.9 Å². The molecule has 1 aliphatic rings. The molecule has 1 atom stereocenters. The van der Waals surface area contributed by atoms with Crippen LogP contribution in [0.1, 0.15) is 34.2 Å². The van der Waals surface area contributed by atoms with Gasteiger partial charge < -0.3 is 4.90 Å². The summed E-state index contributed by atoms with van der Waals surface area (Å²) in [6.07, 6.45) is 7.50. The molecule has 0 N–H and O–H groups in total. The van der Waals surface area contributed by atoms with Crippen LogP contribution in [0.3, 0.4) is 0 Å². The van der Waals surface area contributed by atoms with Crippen LogP contribution >= 0.6 is 23.1 Å². The zero-order valence-electron chi connectivity index (χ0n) is 11.2. The molecule has 3 rings (SSSR count). The number of nitrogens with zero attached hydrogens (tertiary/aromatic N) is 3. The van der Waals surface area contributed by atoms with Crippen LogP contribution in [0.2, 0.25) is 0 Å². The van der Waals surface area contributed by atoms with Crippen LogP contribution in [0.25, 0.3) is 0 Å². The van der Waals surface area contributed by atoms with Gasteiger partial charge in [0.1, 0.15) is 10.0 Å². The van der Waals surface area contributed by atoms with Gasteiger partial charge in [0.15, 0.2) is 0 Å². The zero-order chi connectivity index (χ0) is 13.9. The summed E-state index contributed by atoms with van der Waals surface area (Å²) < 4.78 is 0. The predicted octanol–water partition coefficient (Wildman–Crippen LogP) is 3.24. The lowest BCUT2D eigenvalue weighted by Gasteiger charge is -2.23. The summed E-state index contributed by atoms with van der Waals surface area (Å²) in [6, 6.07) is 3.80. The molecule has 0 aliphatic carbocycles. The molecule has 1 saturated heterocycles. The molecule has 1 fully saturated rings. The topological polar surface area (TPSA) is 46.1 Å². The predicted molar refractivity (Wildman–Crippen MR) is 81.1 cm³/mol. The number of amides is 1. The van der Waals surface area contributed by atoms with E-state index >= 15 is 0 Å². The second kappa shape index (κ2) is 5.93. The van der Waals surface area contributed by atoms with Crippen LogP contribution in [0.4, 0.5) is 0 Å². The molecule has 3 heterocycles. The van der Waals surface area contributed by atoms with Crippen LogP contribution in [-0.2, 0) is 0 Å². The van der Waals surface area contributed by atoms with E-state index in [9.17, 15) is 4.79 Å². The lowest BCUT2D eigenvalue weighted by atomic mass is 10.2. The maximum absolute atomic E-state index is 12.8. The maximum atomic E-state index is 12.8. The van der Waals surface area contributed by atoms with Crippen molar-refractivity contribution in [3.63, 3.8) is 0 Å². The molecule has 2 aromatic heterocycles. The van der Waals surface area contributed by atoms with Gasteiger partial charge in [-0.3, -0.25) is 4.79 Å². The molecular weight excluding hydrogens is 290 g/mol. The summed E-state index contributed by atoms with van der Waals surface area (Å²) in [6.45, 7) is 0.797. The lowest BCUT2D eigenvalue weighted by molar-refractivity contribution is 0.0731. The summed E-state index contributed by atoms with van der Waals surface area (Å²) in [5, 5.41) is 3.79. The van der Waals surface area contributed by atoms with Gasteiger partial charge in [-0.2, -0.15) is 0 Å². The fourth-order valence-corrected chi connectivity index (χ4v) is 3.86. The van der Waals surface area contributed by atoms with Gasteiger partial charge in [-0.25, -0.2) is 9.97 Å². The van der Waals surface area contributed by atoms with Crippen molar-refractivity contribution in [2.24, 2.45) is 0 Å². The summed E-state index contributed by atoms with van der Waals surface area (Å²) in [7, 11) is 0. The van der Waals surface area contributed by atoms with E-state index in [0.717, 1.165) is 29.4 Å². The van der Waals surface area contributed by atoms with Crippen molar-refractivity contribution < 1.29 is 4.79 Å². The van der Waals surface area contributed by atoms with Gasteiger partial charge in [0, 0.05) is 24.3 Å². The third-order valence-corrected chi connectivity index (χ3v) is 5.03. The van der Waals surface area contributed by atoms with Crippen molar-refractivity contribution in [2.75, 3.05) is 12.8 Å². The second-order valence-electron chi connectivity index (χ2n) is 4.59. The Bertz CT molecular complexity index is 600. The second-order valence-corrected chi connectivity index (χ2v) is 6.31. The molecular formula is C14H15N3OS2. The Kier molecular flexibility index (Phi) is 4.03. The van der Waals surface area contributed by atoms with Crippen molar-refractivity contribution >= 4 is 29.0 Å². The van der Waals surface area contributed by atoms with Gasteiger partial charge in [0.25, 0.3) is 5.91 Å². The molecule has 0 unspecified atom stereocenters. The summed E-state index contributed by atoms with van der Waals surface area (Å²) >= 11 is 3.13. The SMILES string of the molecule is CSc1ncccc1C(=O)N1CCC[C@@H]1c1nccs1. The fraction of sp³-hybridized carbons (Fsp3) is 0.357. The fourth-order valence-electron chi connectivity index (χ4n) is 2.54. The van der Waals surface area contributed by atoms with Crippen molar-refractivity contribution in [3.8, 4) is 0 Å². The number of hydrogen-bond donors (Lipinski definition) is 0. The minimum atomic E-state index is 0.0696. The molecule has 1 aliphatic heterocycles. The largest absolute Gasteiger partial charge is 0.329 e. The number of thioether (sulfide) groups is 1. The number of rotatable bonds is 3. The minimum absolute atomic E-state index is 0.0696. The Balaban J connectivity index is 1.90. The molecule has 0 bridgehead atoms. The Morgan fingerprint density at radius 1 is 1.45 bits per heavy atom. The molecule has 0 aromatic carbocycles. The normalized spacial score (nSPS) is 18.4. The van der Waals surface area contributed by atoms with Crippen molar-refractivity contribution in [2.45, 2.75) is 23.9 Å². The van der Waals surface area contributed by atoms with Crippen LogP contribution in [0.5, 0.6) is 0 Å². The molecule has 4 nitrogen and oxygen atoms in total. The van der Waals surface area contributed by atoms with E-state index in [4.69, 9.17) is 0 Å². The van der Waals surface area contributed by atoms with E-state index in [-0.39, 0.29) is 11.9 Å². The quantitative estimate of drug-likeness (QED) is 0.817. The Morgan fingerprint density at radius 2 is 2.35 bits per heavy atom. The first-order chi connectivity index (χ1) is 9.81. The smallest absolute Gasteiger partial charge is 0.257 e. The highest BCUT2D eigenvalue weighted by Gasteiger charge is 2.33. The third kappa shape index (κ3) is 2.45. The van der Waals surface area contributed by atoms with Crippen LogP contribution in [0.15, 0.2) is 34.9 Å². The molecule has 0 spiro atoms. The molecule has 0 saturated carbocycles. The van der Waals surface area contributed by atoms with E-state index in [0.29, 0.717) is 5.56 Å². The highest BCUT2D eigenvalue weighted by Crippen LogP contribution is 2.34. The van der Waals surface area contributed by atoms with Gasteiger partial charge in [-0.05, 0) is 31.2 Å². The van der Waals surface area contributed by atoms with Gasteiger partial charge in [-0.15, -0.1) is 23.1 Å². The number of carbonyl (C=O) groups is 1. The Hall–Kier alpha value is -1.40. The minimum Gasteiger partial charge on any atom is -0.329 e. The third-order valence-electron chi connectivity index (χ3n) is 3.45. The van der Waals surface area contributed by atoms with Crippen molar-refractivity contribution in [1.29, 1.82) is 0 Å². The number of thiazole rings is 1. The summed E-state index contributed by atoms with van der Waals surface area (Å²) in [5.41, 5.74) is 0.698. The van der Waals surface area contributed by atoms with Gasteiger partial charge in [0.05, 0.1) is 11.6 Å². The standard InChI is InChI=1S/C14H15N3OS2/c1-19-12-10(4-2-6-15-12)14(18)17-8-3-5-11(17)13-16-7-9-20-13/h2,4,6-7,9,11H,3,5,8H2,1H3/t11-/m1/s1. The highest BCUT2D eigenvalue weighted by molar-refractivity contribution is 7.98. The molecule has 20 heavy (non-hydrogen) atoms. The van der Waals surface area contributed by atoms with E-state index < -0.39 is 0 Å². The van der Waals surface area contributed by atoms with E-state index in [2.05, 4.69) is 9.97 Å². The van der Waals surface area contributed by atoms with Gasteiger partial charge >= 0.3 is 0 Å². The van der Waals surface area contributed by atoms with Gasteiger partial charge in [0.2, 0.25) is 0 Å². The first-order valence-electron chi connectivity index (χ1n) is 6.50. The number of aromatic nitrogens is 2. The van der Waals surface area contributed by atoms with Gasteiger partial charge in [-0.1, -0.05) is 0 Å². The van der Waals surface area contributed by atoms with E-state index in [1.54, 1.807) is 23.7 Å². The number of hydrogen-bond acceptors (Lipinski definition) is 5. The van der Waals surface area contributed by atoms with Crippen LogP contribution in [-0.4, -0.2) is 33.6 Å². The number of likely N-dealkylation sites (tertiary alicyclic amines) is 1. The van der Waals surface area contributed by atoms with Crippen molar-refractivity contribution in [3.05, 3.63) is 40.5 Å². The first kappa shape index (κ1) is 13.6. The van der Waals surface area contributed by atoms with Crippen LogP contribution in [0, 0.1) is 0 Å². The molecule has 0 radical (unpaired) electrons. The number of carbonyl (C=O) groups excluding carboxylic acids is 1. The monoisotopic (exact) mass is 305 g/mol. The Morgan fingerprint density at radius 3 is 3.10 bits per heavy atom. The molecule has 1 amide bonds. The first-order valence-corrected chi connectivity index (χ1v) is 8.61. The molecule has 6 heteroatoms. The summed E-state index contributed by atoms with van der Waals surface area (Å²) in [5.74, 6) is 0.0696. The average molecular weight is 305 g/mol. The molecule has 2 aromatic rings. The zero-order valence-corrected chi connectivity index (χ0v) is 12.8. The average Bonchev–Trinajstić information content (AvgIpc) is 3.16. The van der Waals surface area contributed by atoms with E-state index in [1.165, 1.54) is 11.8 Å². The number of pyridine rings is 1. The molecule has 104 valence electrons. The Labute approximate surface area is 126 Å².